The molecule has 0 saturated heterocycles. The highest BCUT2D eigenvalue weighted by Gasteiger charge is 2.19. The third kappa shape index (κ3) is 60.7. The van der Waals surface area contributed by atoms with Crippen LogP contribution in [0.3, 0.4) is 0 Å². The van der Waals surface area contributed by atoms with Gasteiger partial charge in [0.2, 0.25) is 0 Å². The van der Waals surface area contributed by atoms with E-state index in [9.17, 15) is 14.4 Å². The fourth-order valence-electron chi connectivity index (χ4n) is 8.47. The Kier molecular flexibility index (Phi) is 59.9. The third-order valence-electron chi connectivity index (χ3n) is 13.2. The van der Waals surface area contributed by atoms with Crippen LogP contribution >= 0.6 is 0 Å². The van der Waals surface area contributed by atoms with Gasteiger partial charge in [0.05, 0.1) is 0 Å². The van der Waals surface area contributed by atoms with Crippen molar-refractivity contribution in [3.63, 3.8) is 0 Å². The molecule has 0 aliphatic carbocycles. The Morgan fingerprint density at radius 2 is 0.539 bits per heavy atom. The molecule has 1 unspecified atom stereocenters. The van der Waals surface area contributed by atoms with Crippen LogP contribution in [0.5, 0.6) is 0 Å². The molecular weight excluding hydrogens is 937 g/mol. The predicted molar refractivity (Wildman–Crippen MR) is 330 cm³/mol. The van der Waals surface area contributed by atoms with Crippen LogP contribution in [0.4, 0.5) is 0 Å². The molecule has 432 valence electrons. The number of carbonyl (C=O) groups excluding carboxylic acids is 3. The van der Waals surface area contributed by atoms with Crippen LogP contribution in [0.15, 0.2) is 122 Å². The maximum Gasteiger partial charge on any atom is 0.306 e. The standard InChI is InChI=1S/C70H116O6/c1-4-7-10-13-16-19-22-25-28-31-33-34-35-36-38-39-42-45-48-51-54-57-60-63-69(72)75-66-67(65-74-68(71)62-59-56-53-50-47-44-41-30-27-24-21-18-15-12-9-6-3)76-70(73)64-61-58-55-52-49-46-43-40-37-32-29-26-23-20-17-14-11-8-5-2/h8,11,17,20,22,25-26,29-31,33,35-37,40-41,46,49,55,58,67H,4-7,9-10,12-16,18-19,21,23-24,27-28,32,34,38-39,42-45,47-48,50-54,56-57,59-66H2,1-3H3/b11-8-,20-17-,25-22-,29-26-,33-31-,36-35-,40-37-,41-30-,49-46-,58-55-. The fourth-order valence-corrected chi connectivity index (χ4v) is 8.47. The molecule has 0 aromatic heterocycles. The molecule has 0 aromatic rings. The van der Waals surface area contributed by atoms with Crippen molar-refractivity contribution in [3.8, 4) is 0 Å². The maximum absolute atomic E-state index is 12.9. The Balaban J connectivity index is 4.50. The van der Waals surface area contributed by atoms with Crippen LogP contribution in [-0.4, -0.2) is 37.2 Å². The van der Waals surface area contributed by atoms with E-state index in [0.717, 1.165) is 109 Å². The molecule has 0 radical (unpaired) electrons. The van der Waals surface area contributed by atoms with Crippen LogP contribution in [0, 0.1) is 0 Å². The van der Waals surface area contributed by atoms with Crippen LogP contribution in [-0.2, 0) is 28.6 Å². The Hall–Kier alpha value is -4.19. The van der Waals surface area contributed by atoms with Gasteiger partial charge in [0.15, 0.2) is 6.10 Å². The van der Waals surface area contributed by atoms with Crippen molar-refractivity contribution in [1.29, 1.82) is 0 Å². The zero-order chi connectivity index (χ0) is 55.0. The largest absolute Gasteiger partial charge is 0.462 e. The fraction of sp³-hybridized carbons (Fsp3) is 0.671. The molecule has 0 N–H and O–H groups in total. The van der Waals surface area contributed by atoms with Crippen molar-refractivity contribution in [2.75, 3.05) is 13.2 Å². The molecule has 0 aromatic carbocycles. The van der Waals surface area contributed by atoms with Gasteiger partial charge in [-0.15, -0.1) is 0 Å². The normalized spacial score (nSPS) is 12.9. The minimum absolute atomic E-state index is 0.117. The van der Waals surface area contributed by atoms with Gasteiger partial charge in [-0.3, -0.25) is 14.4 Å². The van der Waals surface area contributed by atoms with E-state index in [1.807, 2.05) is 6.08 Å². The van der Waals surface area contributed by atoms with Crippen LogP contribution in [0.1, 0.15) is 284 Å². The summed E-state index contributed by atoms with van der Waals surface area (Å²) in [4.78, 5) is 38.3. The molecule has 0 spiro atoms. The van der Waals surface area contributed by atoms with E-state index < -0.39 is 12.1 Å². The highest BCUT2D eigenvalue weighted by molar-refractivity contribution is 5.71. The van der Waals surface area contributed by atoms with Crippen LogP contribution in [0.25, 0.3) is 0 Å². The zero-order valence-electron chi connectivity index (χ0n) is 49.5. The lowest BCUT2D eigenvalue weighted by Crippen LogP contribution is -2.30. The molecule has 0 saturated carbocycles. The first kappa shape index (κ1) is 71.8. The smallest absolute Gasteiger partial charge is 0.306 e. The van der Waals surface area contributed by atoms with Gasteiger partial charge < -0.3 is 14.2 Å². The number of carbonyl (C=O) groups is 3. The summed E-state index contributed by atoms with van der Waals surface area (Å²) in [7, 11) is 0. The number of rotatable bonds is 56. The second-order valence-electron chi connectivity index (χ2n) is 20.6. The van der Waals surface area contributed by atoms with Crippen LogP contribution in [0.2, 0.25) is 0 Å². The number of unbranched alkanes of at least 4 members (excludes halogenated alkanes) is 25. The van der Waals surface area contributed by atoms with Gasteiger partial charge in [-0.2, -0.15) is 0 Å². The van der Waals surface area contributed by atoms with Crippen molar-refractivity contribution in [3.05, 3.63) is 122 Å². The van der Waals surface area contributed by atoms with E-state index in [4.69, 9.17) is 14.2 Å². The van der Waals surface area contributed by atoms with Gasteiger partial charge in [0.25, 0.3) is 0 Å². The molecule has 0 aliphatic heterocycles. The number of hydrogen-bond acceptors (Lipinski definition) is 6. The average molecular weight is 1050 g/mol. The maximum atomic E-state index is 12.9. The van der Waals surface area contributed by atoms with Gasteiger partial charge >= 0.3 is 17.9 Å². The molecule has 0 rings (SSSR count). The lowest BCUT2D eigenvalue weighted by atomic mass is 10.1. The summed E-state index contributed by atoms with van der Waals surface area (Å²) in [5.74, 6) is -1.01. The zero-order valence-corrected chi connectivity index (χ0v) is 49.5. The topological polar surface area (TPSA) is 78.9 Å². The monoisotopic (exact) mass is 1050 g/mol. The minimum Gasteiger partial charge on any atom is -0.462 e. The van der Waals surface area contributed by atoms with E-state index in [0.29, 0.717) is 19.3 Å². The van der Waals surface area contributed by atoms with Gasteiger partial charge in [0.1, 0.15) is 13.2 Å². The molecule has 0 heterocycles. The van der Waals surface area contributed by atoms with Gasteiger partial charge in [-0.1, -0.05) is 264 Å². The molecule has 6 nitrogen and oxygen atoms in total. The third-order valence-corrected chi connectivity index (χ3v) is 13.2. The van der Waals surface area contributed by atoms with Crippen LogP contribution < -0.4 is 0 Å². The summed E-state index contributed by atoms with van der Waals surface area (Å²) < 4.78 is 16.8. The summed E-state index contributed by atoms with van der Waals surface area (Å²) in [5, 5.41) is 0. The number of allylic oxidation sites excluding steroid dienone is 20. The lowest BCUT2D eigenvalue weighted by molar-refractivity contribution is -0.166. The number of ether oxygens (including phenoxy) is 3. The summed E-state index contributed by atoms with van der Waals surface area (Å²) >= 11 is 0. The molecule has 0 fully saturated rings. The van der Waals surface area contributed by atoms with Crippen molar-refractivity contribution >= 4 is 17.9 Å². The van der Waals surface area contributed by atoms with E-state index in [1.54, 1.807) is 0 Å². The van der Waals surface area contributed by atoms with Crippen molar-refractivity contribution in [2.24, 2.45) is 0 Å². The quantitative estimate of drug-likeness (QED) is 0.0261. The van der Waals surface area contributed by atoms with Crippen molar-refractivity contribution < 1.29 is 28.6 Å². The molecule has 1 atom stereocenters. The van der Waals surface area contributed by atoms with Gasteiger partial charge in [-0.25, -0.2) is 0 Å². The van der Waals surface area contributed by atoms with E-state index in [1.165, 1.54) is 128 Å². The van der Waals surface area contributed by atoms with E-state index in [-0.39, 0.29) is 31.6 Å². The molecule has 0 amide bonds. The minimum atomic E-state index is -0.830. The number of hydrogen-bond donors (Lipinski definition) is 0. The Bertz CT molecular complexity index is 1590. The number of esters is 3. The van der Waals surface area contributed by atoms with Crippen molar-refractivity contribution in [1.82, 2.24) is 0 Å². The average Bonchev–Trinajstić information content (AvgIpc) is 3.42. The first-order chi connectivity index (χ1) is 37.5. The van der Waals surface area contributed by atoms with Gasteiger partial charge in [0, 0.05) is 19.3 Å². The van der Waals surface area contributed by atoms with Crippen molar-refractivity contribution in [2.45, 2.75) is 290 Å². The molecule has 0 aliphatic rings. The summed E-state index contributed by atoms with van der Waals surface area (Å²) in [6, 6.07) is 0. The van der Waals surface area contributed by atoms with E-state index in [2.05, 4.69) is 136 Å². The Morgan fingerprint density at radius 3 is 0.868 bits per heavy atom. The predicted octanol–water partition coefficient (Wildman–Crippen LogP) is 21.6. The molecule has 76 heavy (non-hydrogen) atoms. The molecule has 0 bridgehead atoms. The first-order valence-corrected chi connectivity index (χ1v) is 31.5. The molecular formula is C70H116O6. The highest BCUT2D eigenvalue weighted by atomic mass is 16.6. The summed E-state index contributed by atoms with van der Waals surface area (Å²) in [6.45, 7) is 6.45. The second-order valence-corrected chi connectivity index (χ2v) is 20.6. The van der Waals surface area contributed by atoms with Gasteiger partial charge in [-0.05, 0) is 122 Å². The molecule has 6 heteroatoms. The second kappa shape index (κ2) is 63.3. The highest BCUT2D eigenvalue weighted by Crippen LogP contribution is 2.14. The van der Waals surface area contributed by atoms with E-state index >= 15 is 0 Å². The lowest BCUT2D eigenvalue weighted by Gasteiger charge is -2.18. The Labute approximate surface area is 469 Å². The summed E-state index contributed by atoms with van der Waals surface area (Å²) in [6.07, 6.45) is 87.8. The summed E-state index contributed by atoms with van der Waals surface area (Å²) in [5.41, 5.74) is 0. The first-order valence-electron chi connectivity index (χ1n) is 31.5. The SMILES string of the molecule is CC/C=C\C/C=C\C/C=C\C/C=C\C/C=C\C/C=C\CCC(=O)OC(COC(=O)CCCCCCC/C=C\CCCCCCCCC)COC(=O)CCCCCCCCCC/C=C\C/C=C\C/C=C\CCCCCCC. The Morgan fingerprint density at radius 1 is 0.276 bits per heavy atom.